The molecule has 2 aromatic rings. The van der Waals surface area contributed by atoms with Gasteiger partial charge >= 0.3 is 29.6 Å². The molecule has 0 unspecified atom stereocenters. The molecule has 0 spiro atoms. The average Bonchev–Trinajstić information content (AvgIpc) is 2.67. The second-order valence-electron chi connectivity index (χ2n) is 4.58. The van der Waals surface area contributed by atoms with E-state index in [1.807, 2.05) is 0 Å². The standard InChI is InChI=1S/C12H14N4O5S.Na/c1-9-11(15(13-18)8-22(19,20)21)12(17)16(14(9)2)10-6-4-3-5-7-10;/h3-7H,8H2,1-2H3,(H,19,20,21);/q;+1/p-1. The van der Waals surface area contributed by atoms with Gasteiger partial charge in [-0.05, 0) is 19.1 Å². The molecule has 9 nitrogen and oxygen atoms in total. The molecule has 0 saturated carbocycles. The van der Waals surface area contributed by atoms with Gasteiger partial charge in [0.15, 0.2) is 5.69 Å². The van der Waals surface area contributed by atoms with E-state index in [4.69, 9.17) is 0 Å². The summed E-state index contributed by atoms with van der Waals surface area (Å²) in [5.41, 5.74) is -0.0625. The van der Waals surface area contributed by atoms with E-state index in [9.17, 15) is 22.7 Å². The van der Waals surface area contributed by atoms with Gasteiger partial charge in [-0.2, -0.15) is 0 Å². The van der Waals surface area contributed by atoms with Crippen molar-refractivity contribution in [2.24, 2.45) is 12.3 Å². The average molecular weight is 348 g/mol. The molecule has 1 aromatic carbocycles. The van der Waals surface area contributed by atoms with Crippen LogP contribution in [0.4, 0.5) is 5.69 Å². The Morgan fingerprint density at radius 2 is 1.83 bits per heavy atom. The van der Waals surface area contributed by atoms with Crippen molar-refractivity contribution in [3.8, 4) is 5.69 Å². The van der Waals surface area contributed by atoms with E-state index in [2.05, 4.69) is 5.29 Å². The normalized spacial score (nSPS) is 10.9. The molecular formula is C12H13N4NaO5S. The van der Waals surface area contributed by atoms with Gasteiger partial charge in [-0.25, -0.2) is 18.1 Å². The molecule has 0 amide bonds. The predicted octanol–water partition coefficient (Wildman–Crippen LogP) is -2.52. The smallest absolute Gasteiger partial charge is 0.747 e. The number of benzene rings is 1. The number of para-hydroxylation sites is 1. The summed E-state index contributed by atoms with van der Waals surface area (Å²) in [4.78, 5) is 23.4. The zero-order valence-electron chi connectivity index (χ0n) is 12.8. The third-order valence-electron chi connectivity index (χ3n) is 3.16. The van der Waals surface area contributed by atoms with Crippen LogP contribution in [0.25, 0.3) is 5.69 Å². The fourth-order valence-electron chi connectivity index (χ4n) is 2.13. The maximum atomic E-state index is 12.5. The minimum atomic E-state index is -4.76. The van der Waals surface area contributed by atoms with Gasteiger partial charge in [0, 0.05) is 7.05 Å². The number of hydrogen-bond donors (Lipinski definition) is 0. The van der Waals surface area contributed by atoms with E-state index < -0.39 is 21.6 Å². The molecule has 2 rings (SSSR count). The number of rotatable bonds is 5. The number of hydrogen-bond acceptors (Lipinski definition) is 6. The zero-order chi connectivity index (χ0) is 16.5. The topological polar surface area (TPSA) is 117 Å². The van der Waals surface area contributed by atoms with Crippen molar-refractivity contribution in [2.45, 2.75) is 6.92 Å². The van der Waals surface area contributed by atoms with Gasteiger partial charge in [0.25, 0.3) is 5.56 Å². The van der Waals surface area contributed by atoms with Gasteiger partial charge in [-0.3, -0.25) is 9.48 Å². The third-order valence-corrected chi connectivity index (χ3v) is 3.72. The third kappa shape index (κ3) is 4.09. The molecule has 0 fully saturated rings. The van der Waals surface area contributed by atoms with Gasteiger partial charge in [-0.15, -0.1) is 4.91 Å². The van der Waals surface area contributed by atoms with Gasteiger partial charge in [0.1, 0.15) is 16.0 Å². The van der Waals surface area contributed by atoms with Gasteiger partial charge in [-0.1, -0.05) is 18.2 Å². The van der Waals surface area contributed by atoms with Crippen LogP contribution < -0.4 is 40.1 Å². The summed E-state index contributed by atoms with van der Waals surface area (Å²) in [5, 5.41) is 2.85. The largest absolute Gasteiger partial charge is 1.00 e. The minimum Gasteiger partial charge on any atom is -0.747 e. The molecule has 118 valence electrons. The Hall–Kier alpha value is -1.46. The first-order valence-corrected chi connectivity index (χ1v) is 7.72. The van der Waals surface area contributed by atoms with E-state index in [-0.39, 0.29) is 35.2 Å². The van der Waals surface area contributed by atoms with E-state index >= 15 is 0 Å². The van der Waals surface area contributed by atoms with Crippen molar-refractivity contribution >= 4 is 15.8 Å². The maximum absolute atomic E-state index is 12.5. The summed E-state index contributed by atoms with van der Waals surface area (Å²) < 4.78 is 35.2. The van der Waals surface area contributed by atoms with Crippen LogP contribution in [-0.4, -0.2) is 28.2 Å². The van der Waals surface area contributed by atoms with Crippen molar-refractivity contribution in [3.05, 3.63) is 51.3 Å². The van der Waals surface area contributed by atoms with E-state index in [0.29, 0.717) is 16.4 Å². The Morgan fingerprint density at radius 1 is 1.26 bits per heavy atom. The van der Waals surface area contributed by atoms with Crippen LogP contribution >= 0.6 is 0 Å². The molecule has 0 aliphatic rings. The molecule has 1 heterocycles. The second kappa shape index (κ2) is 7.41. The molecule has 0 radical (unpaired) electrons. The summed E-state index contributed by atoms with van der Waals surface area (Å²) in [6.07, 6.45) is 0. The first-order valence-electron chi connectivity index (χ1n) is 6.14. The summed E-state index contributed by atoms with van der Waals surface area (Å²) in [5.74, 6) is -1.20. The van der Waals surface area contributed by atoms with E-state index in [1.165, 1.54) is 16.3 Å². The first kappa shape index (κ1) is 19.6. The fourth-order valence-corrected chi connectivity index (χ4v) is 2.61. The van der Waals surface area contributed by atoms with Crippen LogP contribution in [0.2, 0.25) is 0 Å². The predicted molar refractivity (Wildman–Crippen MR) is 78.6 cm³/mol. The van der Waals surface area contributed by atoms with Crippen LogP contribution in [-0.2, 0) is 17.2 Å². The Kier molecular flexibility index (Phi) is 6.31. The Labute approximate surface area is 154 Å². The second-order valence-corrected chi connectivity index (χ2v) is 5.95. The summed E-state index contributed by atoms with van der Waals surface area (Å²) in [7, 11) is -3.19. The molecule has 0 aliphatic carbocycles. The molecule has 11 heteroatoms. The summed E-state index contributed by atoms with van der Waals surface area (Å²) >= 11 is 0. The van der Waals surface area contributed by atoms with Crippen LogP contribution in [0.5, 0.6) is 0 Å². The first-order chi connectivity index (χ1) is 10.3. The Morgan fingerprint density at radius 3 is 2.30 bits per heavy atom. The molecule has 0 aliphatic heterocycles. The Balaban J connectivity index is 0.00000264. The van der Waals surface area contributed by atoms with E-state index in [0.717, 1.165) is 0 Å². The monoisotopic (exact) mass is 348 g/mol. The molecular weight excluding hydrogens is 335 g/mol. The van der Waals surface area contributed by atoms with Crippen molar-refractivity contribution < 1.29 is 42.5 Å². The molecule has 0 bridgehead atoms. The van der Waals surface area contributed by atoms with Crippen LogP contribution in [0.3, 0.4) is 0 Å². The summed E-state index contributed by atoms with van der Waals surface area (Å²) in [6.45, 7) is 1.52. The van der Waals surface area contributed by atoms with Gasteiger partial charge in [0.05, 0.1) is 16.7 Å². The summed E-state index contributed by atoms with van der Waals surface area (Å²) in [6, 6.07) is 8.57. The van der Waals surface area contributed by atoms with Gasteiger partial charge < -0.3 is 4.55 Å². The number of nitroso groups, excluding NO2 is 1. The van der Waals surface area contributed by atoms with Crippen LogP contribution in [0.1, 0.15) is 5.69 Å². The van der Waals surface area contributed by atoms with Crippen molar-refractivity contribution in [3.63, 3.8) is 0 Å². The Bertz CT molecular complexity index is 860. The van der Waals surface area contributed by atoms with Crippen molar-refractivity contribution in [1.82, 2.24) is 9.36 Å². The maximum Gasteiger partial charge on any atom is 1.00 e. The number of aromatic nitrogens is 2. The SMILES string of the molecule is Cc1c(N(CS(=O)(=O)[O-])N=O)c(=O)n(-c2ccccc2)n1C.[Na+]. The van der Waals surface area contributed by atoms with E-state index in [1.54, 1.807) is 37.4 Å². The molecule has 0 N–H and O–H groups in total. The van der Waals surface area contributed by atoms with Crippen LogP contribution in [0, 0.1) is 11.8 Å². The number of nitrogens with zero attached hydrogens (tertiary/aromatic N) is 4. The van der Waals surface area contributed by atoms with Crippen molar-refractivity contribution in [1.29, 1.82) is 0 Å². The zero-order valence-corrected chi connectivity index (χ0v) is 15.6. The molecule has 23 heavy (non-hydrogen) atoms. The quantitative estimate of drug-likeness (QED) is 0.255. The van der Waals surface area contributed by atoms with Gasteiger partial charge in [0.2, 0.25) is 0 Å². The molecule has 0 saturated heterocycles. The number of anilines is 1. The van der Waals surface area contributed by atoms with Crippen LogP contribution in [0.15, 0.2) is 40.4 Å². The molecule has 0 atom stereocenters. The molecule has 1 aromatic heterocycles. The van der Waals surface area contributed by atoms with Crippen molar-refractivity contribution in [2.75, 3.05) is 10.9 Å². The fraction of sp³-hybridized carbons (Fsp3) is 0.250. The minimum absolute atomic E-state index is 0.